The van der Waals surface area contributed by atoms with Crippen molar-refractivity contribution < 1.29 is 31.5 Å². The molecule has 2 aliphatic heterocycles. The van der Waals surface area contributed by atoms with Gasteiger partial charge in [-0.2, -0.15) is 23.3 Å². The summed E-state index contributed by atoms with van der Waals surface area (Å²) < 4.78 is 68.2. The lowest BCUT2D eigenvalue weighted by atomic mass is 9.77. The van der Waals surface area contributed by atoms with E-state index in [1.165, 1.54) is 23.5 Å². The number of aromatic nitrogens is 6. The number of hydrogen-bond donors (Lipinski definition) is 0. The Morgan fingerprint density at radius 2 is 1.78 bits per heavy atom. The average molecular weight is 512 g/mol. The molecule has 0 aromatic carbocycles. The first-order valence-corrected chi connectivity index (χ1v) is 11.1. The third kappa shape index (κ3) is 4.99. The van der Waals surface area contributed by atoms with Crippen molar-refractivity contribution in [3.05, 3.63) is 24.8 Å². The average Bonchev–Trinajstić information content (AvgIpc) is 3.38. The number of anilines is 2. The highest BCUT2D eigenvalue weighted by Gasteiger charge is 2.46. The molecule has 3 aromatic rings. The number of nitrogens with zero attached hydrogens (tertiary/aromatic N) is 8. The molecule has 15 heteroatoms. The summed E-state index contributed by atoms with van der Waals surface area (Å²) >= 11 is 0. The van der Waals surface area contributed by atoms with Crippen molar-refractivity contribution in [2.45, 2.75) is 38.4 Å². The minimum absolute atomic E-state index is 0.121. The molecule has 192 valence electrons. The van der Waals surface area contributed by atoms with E-state index in [4.69, 9.17) is 0 Å². The van der Waals surface area contributed by atoms with E-state index in [0.717, 1.165) is 4.68 Å². The fraction of sp³-hybridized carbons (Fsp3) is 0.524. The molecule has 0 radical (unpaired) electrons. The summed E-state index contributed by atoms with van der Waals surface area (Å²) in [4.78, 5) is 32.6. The predicted molar refractivity (Wildman–Crippen MR) is 116 cm³/mol. The first-order valence-electron chi connectivity index (χ1n) is 11.1. The first-order chi connectivity index (χ1) is 17.1. The zero-order valence-corrected chi connectivity index (χ0v) is 18.8. The zero-order valence-electron chi connectivity index (χ0n) is 18.8. The van der Waals surface area contributed by atoms with Crippen LogP contribution in [0.5, 0.6) is 6.01 Å². The Hall–Kier alpha value is -3.65. The fourth-order valence-electron chi connectivity index (χ4n) is 4.59. The molecule has 0 aliphatic carbocycles. The highest BCUT2D eigenvalue weighted by molar-refractivity contribution is 5.96. The lowest BCUT2D eigenvalue weighted by Gasteiger charge is -2.38. The second kappa shape index (κ2) is 9.09. The lowest BCUT2D eigenvalue weighted by molar-refractivity contribution is -0.154. The van der Waals surface area contributed by atoms with Crippen LogP contribution in [0.3, 0.4) is 0 Å². The molecule has 1 spiro atoms. The van der Waals surface area contributed by atoms with Gasteiger partial charge in [-0.1, -0.05) is 0 Å². The molecular formula is C21H21F5N8O2. The van der Waals surface area contributed by atoms with Crippen LogP contribution in [0.2, 0.25) is 0 Å². The minimum atomic E-state index is -4.50. The Bertz CT molecular complexity index is 1240. The summed E-state index contributed by atoms with van der Waals surface area (Å²) in [6.07, 6.45) is 0.141. The summed E-state index contributed by atoms with van der Waals surface area (Å²) in [7, 11) is 0. The van der Waals surface area contributed by atoms with Gasteiger partial charge in [-0.05, 0) is 12.8 Å². The van der Waals surface area contributed by atoms with Crippen LogP contribution in [0.15, 0.2) is 24.8 Å². The van der Waals surface area contributed by atoms with Gasteiger partial charge in [0.25, 0.3) is 6.43 Å². The molecule has 0 saturated carbocycles. The van der Waals surface area contributed by atoms with Crippen molar-refractivity contribution >= 4 is 28.6 Å². The third-order valence-corrected chi connectivity index (χ3v) is 6.39. The highest BCUT2D eigenvalue weighted by atomic mass is 19.4. The van der Waals surface area contributed by atoms with E-state index in [1.54, 1.807) is 6.20 Å². The van der Waals surface area contributed by atoms with Gasteiger partial charge in [-0.25, -0.2) is 28.4 Å². The standard InChI is InChI=1S/C21H21F5N8O2/c22-15(23)10-34-17-13(7-30-34)6-27-18(31-17)32-3-1-20(2-4-32)5-16(35)33(11-20)14-8-28-19(29-9-14)36-12-21(24,25)26/h6-9,15H,1-5,10-12H2. The summed E-state index contributed by atoms with van der Waals surface area (Å²) in [5, 5.41) is 4.53. The van der Waals surface area contributed by atoms with E-state index in [0.29, 0.717) is 61.6 Å². The van der Waals surface area contributed by atoms with Crippen molar-refractivity contribution in [1.82, 2.24) is 29.7 Å². The smallest absolute Gasteiger partial charge is 0.422 e. The highest BCUT2D eigenvalue weighted by Crippen LogP contribution is 2.43. The van der Waals surface area contributed by atoms with E-state index in [1.807, 2.05) is 4.90 Å². The number of alkyl halides is 5. The van der Waals surface area contributed by atoms with Gasteiger partial charge in [0.2, 0.25) is 11.9 Å². The molecule has 2 aliphatic rings. The zero-order chi connectivity index (χ0) is 25.5. The number of carbonyl (C=O) groups excluding carboxylic acids is 1. The Morgan fingerprint density at radius 1 is 1.06 bits per heavy atom. The molecule has 0 N–H and O–H groups in total. The second-order valence-electron chi connectivity index (χ2n) is 8.94. The lowest BCUT2D eigenvalue weighted by Crippen LogP contribution is -2.42. The van der Waals surface area contributed by atoms with Gasteiger partial charge in [-0.15, -0.1) is 0 Å². The van der Waals surface area contributed by atoms with Gasteiger partial charge in [0.1, 0.15) is 6.54 Å². The van der Waals surface area contributed by atoms with Gasteiger partial charge in [0.05, 0.1) is 29.7 Å². The van der Waals surface area contributed by atoms with Crippen molar-refractivity contribution in [3.63, 3.8) is 0 Å². The number of fused-ring (bicyclic) bond motifs is 1. The van der Waals surface area contributed by atoms with Crippen LogP contribution < -0.4 is 14.5 Å². The van der Waals surface area contributed by atoms with E-state index in [2.05, 4.69) is 29.8 Å². The van der Waals surface area contributed by atoms with E-state index < -0.39 is 31.8 Å². The van der Waals surface area contributed by atoms with Crippen LogP contribution in [0.4, 0.5) is 33.6 Å². The number of hydrogen-bond acceptors (Lipinski definition) is 8. The maximum atomic E-state index is 12.8. The normalized spacial score (nSPS) is 18.1. The summed E-state index contributed by atoms with van der Waals surface area (Å²) in [5.41, 5.74) is 0.436. The Kier molecular flexibility index (Phi) is 6.08. The Labute approximate surface area is 201 Å². The molecule has 10 nitrogen and oxygen atoms in total. The molecular weight excluding hydrogens is 491 g/mol. The molecule has 3 aromatic heterocycles. The number of carbonyl (C=O) groups is 1. The first kappa shape index (κ1) is 24.1. The summed E-state index contributed by atoms with van der Waals surface area (Å²) in [6, 6.07) is -0.419. The summed E-state index contributed by atoms with van der Waals surface area (Å²) in [6.45, 7) is -0.501. The number of rotatable bonds is 6. The van der Waals surface area contributed by atoms with Gasteiger partial charge in [0, 0.05) is 37.7 Å². The fourth-order valence-corrected chi connectivity index (χ4v) is 4.59. The summed E-state index contributed by atoms with van der Waals surface area (Å²) in [5.74, 6) is 0.293. The van der Waals surface area contributed by atoms with Crippen molar-refractivity contribution in [3.8, 4) is 6.01 Å². The maximum Gasteiger partial charge on any atom is 0.422 e. The second-order valence-corrected chi connectivity index (χ2v) is 8.94. The number of amides is 1. The molecule has 2 fully saturated rings. The molecule has 0 unspecified atom stereocenters. The van der Waals surface area contributed by atoms with Gasteiger partial charge in [-0.3, -0.25) is 4.79 Å². The monoisotopic (exact) mass is 512 g/mol. The number of halogens is 5. The SMILES string of the molecule is O=C1CC2(CCN(c3ncc4cnn(CC(F)F)c4n3)CC2)CN1c1cnc(OCC(F)(F)F)nc1. The van der Waals surface area contributed by atoms with E-state index >= 15 is 0 Å². The third-order valence-electron chi connectivity index (χ3n) is 6.39. The van der Waals surface area contributed by atoms with E-state index in [9.17, 15) is 26.7 Å². The Balaban J connectivity index is 1.23. The molecule has 5 rings (SSSR count). The van der Waals surface area contributed by atoms with Crippen LogP contribution in [0.25, 0.3) is 11.0 Å². The van der Waals surface area contributed by atoms with Crippen LogP contribution in [0.1, 0.15) is 19.3 Å². The van der Waals surface area contributed by atoms with Crippen LogP contribution in [0, 0.1) is 5.41 Å². The number of piperidine rings is 1. The van der Waals surface area contributed by atoms with Crippen molar-refractivity contribution in [1.29, 1.82) is 0 Å². The largest absolute Gasteiger partial charge is 0.454 e. The van der Waals surface area contributed by atoms with Crippen LogP contribution in [-0.2, 0) is 11.3 Å². The maximum absolute atomic E-state index is 12.8. The molecule has 1 amide bonds. The molecule has 36 heavy (non-hydrogen) atoms. The van der Waals surface area contributed by atoms with Crippen LogP contribution in [-0.4, -0.2) is 74.5 Å². The van der Waals surface area contributed by atoms with Gasteiger partial charge >= 0.3 is 12.2 Å². The molecule has 0 atom stereocenters. The van der Waals surface area contributed by atoms with E-state index in [-0.39, 0.29) is 11.3 Å². The number of ether oxygens (including phenoxy) is 1. The Morgan fingerprint density at radius 3 is 2.44 bits per heavy atom. The molecule has 2 saturated heterocycles. The minimum Gasteiger partial charge on any atom is -0.454 e. The van der Waals surface area contributed by atoms with Crippen LogP contribution >= 0.6 is 0 Å². The van der Waals surface area contributed by atoms with Gasteiger partial charge < -0.3 is 14.5 Å². The molecule has 5 heterocycles. The van der Waals surface area contributed by atoms with Crippen molar-refractivity contribution in [2.24, 2.45) is 5.41 Å². The molecule has 0 bridgehead atoms. The quantitative estimate of drug-likeness (QED) is 0.465. The predicted octanol–water partition coefficient (Wildman–Crippen LogP) is 2.85. The van der Waals surface area contributed by atoms with Crippen molar-refractivity contribution in [2.75, 3.05) is 36.0 Å². The topological polar surface area (TPSA) is 102 Å². The van der Waals surface area contributed by atoms with Gasteiger partial charge in [0.15, 0.2) is 12.3 Å².